The molecule has 0 aliphatic carbocycles. The minimum absolute atomic E-state index is 0.280. The Bertz CT molecular complexity index is 996. The lowest BCUT2D eigenvalue weighted by atomic mass is 10.1. The van der Waals surface area contributed by atoms with Crippen molar-refractivity contribution in [3.05, 3.63) is 57.9 Å². The summed E-state index contributed by atoms with van der Waals surface area (Å²) in [6, 6.07) is 9.77. The highest BCUT2D eigenvalue weighted by Crippen LogP contribution is 2.17. The summed E-state index contributed by atoms with van der Waals surface area (Å²) < 4.78 is 35.1. The maximum Gasteiger partial charge on any atom is 0.244 e. The van der Waals surface area contributed by atoms with E-state index in [4.69, 9.17) is 17.0 Å². The summed E-state index contributed by atoms with van der Waals surface area (Å²) in [7, 11) is -1.44. The predicted molar refractivity (Wildman–Crippen MR) is 111 cm³/mol. The van der Waals surface area contributed by atoms with Crippen LogP contribution in [0.15, 0.2) is 41.4 Å². The molecule has 1 aromatic heterocycles. The molecule has 0 radical (unpaired) electrons. The first-order valence-electron chi connectivity index (χ1n) is 9.43. The van der Waals surface area contributed by atoms with Crippen LogP contribution in [0.1, 0.15) is 16.7 Å². The highest BCUT2D eigenvalue weighted by atomic mass is 32.2. The van der Waals surface area contributed by atoms with Crippen LogP contribution in [0.5, 0.6) is 0 Å². The van der Waals surface area contributed by atoms with E-state index in [-0.39, 0.29) is 4.90 Å². The molecule has 1 saturated heterocycles. The van der Waals surface area contributed by atoms with Gasteiger partial charge < -0.3 is 9.64 Å². The topological polar surface area (TPSA) is 56.0 Å². The second-order valence-corrected chi connectivity index (χ2v) is 9.77. The third kappa shape index (κ3) is 4.87. The molecule has 1 atom stereocenters. The van der Waals surface area contributed by atoms with Gasteiger partial charge in [0.15, 0.2) is 6.67 Å². The van der Waals surface area contributed by atoms with Crippen molar-refractivity contribution in [3.8, 4) is 0 Å². The van der Waals surface area contributed by atoms with Gasteiger partial charge in [-0.2, -0.15) is 4.31 Å². The molecule has 2 aromatic rings. The van der Waals surface area contributed by atoms with Crippen LogP contribution in [0.25, 0.3) is 0 Å². The molecule has 1 fully saturated rings. The summed E-state index contributed by atoms with van der Waals surface area (Å²) in [4.78, 5) is 1.51. The Hall–Kier alpha value is -1.58. The molecule has 0 amide bonds. The number of quaternary nitrogens is 1. The SMILES string of the molecule is Cc1ccc(C[NH+](C)Cn2cc(S(=O)(=O)N3CCOCC3)ccc2=S)c(C)c1. The molecular weight excluding hydrogens is 394 g/mol. The Labute approximate surface area is 172 Å². The van der Waals surface area contributed by atoms with Crippen LogP contribution in [0.4, 0.5) is 0 Å². The average molecular weight is 423 g/mol. The van der Waals surface area contributed by atoms with Gasteiger partial charge in [0, 0.05) is 24.8 Å². The zero-order valence-electron chi connectivity index (χ0n) is 16.6. The third-order valence-electron chi connectivity index (χ3n) is 4.99. The molecule has 28 heavy (non-hydrogen) atoms. The minimum atomic E-state index is -3.53. The summed E-state index contributed by atoms with van der Waals surface area (Å²) in [5.41, 5.74) is 3.81. The van der Waals surface area contributed by atoms with Crippen LogP contribution in [0.3, 0.4) is 0 Å². The number of morpholine rings is 1. The molecule has 8 heteroatoms. The van der Waals surface area contributed by atoms with Crippen molar-refractivity contribution in [1.29, 1.82) is 0 Å². The van der Waals surface area contributed by atoms with E-state index >= 15 is 0 Å². The van der Waals surface area contributed by atoms with Crippen LogP contribution >= 0.6 is 12.2 Å². The quantitative estimate of drug-likeness (QED) is 0.718. The fraction of sp³-hybridized carbons (Fsp3) is 0.450. The van der Waals surface area contributed by atoms with Crippen molar-refractivity contribution in [3.63, 3.8) is 0 Å². The van der Waals surface area contributed by atoms with Crippen LogP contribution in [-0.4, -0.2) is 50.6 Å². The first kappa shape index (κ1) is 21.1. The van der Waals surface area contributed by atoms with E-state index in [1.807, 2.05) is 4.57 Å². The number of benzene rings is 1. The summed E-state index contributed by atoms with van der Waals surface area (Å²) in [5, 5.41) is 0. The second kappa shape index (κ2) is 8.84. The van der Waals surface area contributed by atoms with Gasteiger partial charge >= 0.3 is 0 Å². The van der Waals surface area contributed by atoms with E-state index in [0.717, 1.165) is 6.54 Å². The number of nitrogens with one attached hydrogen (secondary N) is 1. The minimum Gasteiger partial charge on any atom is -0.379 e. The monoisotopic (exact) mass is 422 g/mol. The number of hydrogen-bond acceptors (Lipinski definition) is 4. The number of pyridine rings is 1. The third-order valence-corrected chi connectivity index (χ3v) is 7.25. The van der Waals surface area contributed by atoms with Crippen LogP contribution in [-0.2, 0) is 28.0 Å². The predicted octanol–water partition coefficient (Wildman–Crippen LogP) is 1.53. The van der Waals surface area contributed by atoms with Crippen molar-refractivity contribution in [2.75, 3.05) is 33.4 Å². The van der Waals surface area contributed by atoms with Crippen molar-refractivity contribution in [2.24, 2.45) is 0 Å². The van der Waals surface area contributed by atoms with E-state index in [2.05, 4.69) is 39.1 Å². The zero-order chi connectivity index (χ0) is 20.3. The van der Waals surface area contributed by atoms with Gasteiger partial charge in [0.05, 0.1) is 25.2 Å². The molecule has 0 saturated carbocycles. The maximum absolute atomic E-state index is 12.9. The molecule has 0 spiro atoms. The lowest BCUT2D eigenvalue weighted by Gasteiger charge is -2.26. The van der Waals surface area contributed by atoms with Crippen molar-refractivity contribution in [2.45, 2.75) is 32.0 Å². The fourth-order valence-corrected chi connectivity index (χ4v) is 5.05. The van der Waals surface area contributed by atoms with Gasteiger partial charge in [-0.3, -0.25) is 4.57 Å². The van der Waals surface area contributed by atoms with Gasteiger partial charge in [0.2, 0.25) is 10.0 Å². The summed E-state index contributed by atoms with van der Waals surface area (Å²) in [6.07, 6.45) is 1.67. The van der Waals surface area contributed by atoms with Crippen molar-refractivity contribution >= 4 is 22.2 Å². The van der Waals surface area contributed by atoms with Crippen LogP contribution < -0.4 is 4.90 Å². The summed E-state index contributed by atoms with van der Waals surface area (Å²) >= 11 is 5.44. The first-order chi connectivity index (χ1) is 13.3. The molecule has 0 bridgehead atoms. The smallest absolute Gasteiger partial charge is 0.244 e. The number of sulfonamides is 1. The standard InChI is InChI=1S/C20H27N3O3S2/c1-16-4-5-18(17(2)12-16)13-21(3)15-22-14-19(6-7-20(22)27)28(24,25)23-8-10-26-11-9-23/h4-7,12,14H,8-11,13,15H2,1-3H3/p+1. The van der Waals surface area contributed by atoms with E-state index in [1.165, 1.54) is 25.9 Å². The molecule has 152 valence electrons. The number of ether oxygens (including phenoxy) is 1. The maximum atomic E-state index is 12.9. The first-order valence-corrected chi connectivity index (χ1v) is 11.3. The number of rotatable bonds is 6. The fourth-order valence-electron chi connectivity index (χ4n) is 3.44. The molecular formula is C20H28N3O3S2+. The Morgan fingerprint density at radius 1 is 1.14 bits per heavy atom. The number of nitrogens with zero attached hydrogens (tertiary/aromatic N) is 2. The van der Waals surface area contributed by atoms with Crippen molar-refractivity contribution in [1.82, 2.24) is 8.87 Å². The number of hydrogen-bond donors (Lipinski definition) is 1. The van der Waals surface area contributed by atoms with Gasteiger partial charge in [-0.05, 0) is 31.5 Å². The Balaban J connectivity index is 1.78. The molecule has 1 aliphatic heterocycles. The number of aryl methyl sites for hydroxylation is 2. The Kier molecular flexibility index (Phi) is 6.67. The van der Waals surface area contributed by atoms with E-state index in [0.29, 0.717) is 37.6 Å². The zero-order valence-corrected chi connectivity index (χ0v) is 18.3. The Morgan fingerprint density at radius 3 is 2.54 bits per heavy atom. The van der Waals surface area contributed by atoms with E-state index < -0.39 is 10.0 Å². The lowest BCUT2D eigenvalue weighted by Crippen LogP contribution is -3.06. The lowest BCUT2D eigenvalue weighted by molar-refractivity contribution is -0.917. The molecule has 1 aliphatic rings. The van der Waals surface area contributed by atoms with E-state index in [9.17, 15) is 8.42 Å². The Morgan fingerprint density at radius 2 is 1.86 bits per heavy atom. The second-order valence-electron chi connectivity index (χ2n) is 7.41. The highest BCUT2D eigenvalue weighted by Gasteiger charge is 2.26. The molecule has 3 rings (SSSR count). The van der Waals surface area contributed by atoms with Gasteiger partial charge in [-0.1, -0.05) is 36.0 Å². The molecule has 1 N–H and O–H groups in total. The highest BCUT2D eigenvalue weighted by molar-refractivity contribution is 7.89. The van der Waals surface area contributed by atoms with Crippen molar-refractivity contribution < 1.29 is 18.1 Å². The summed E-state index contributed by atoms with van der Waals surface area (Å²) in [5.74, 6) is 0. The molecule has 1 aromatic carbocycles. The normalized spacial score (nSPS) is 16.8. The van der Waals surface area contributed by atoms with Crippen LogP contribution in [0.2, 0.25) is 0 Å². The van der Waals surface area contributed by atoms with Gasteiger partial charge in [-0.25, -0.2) is 8.42 Å². The molecule has 1 unspecified atom stereocenters. The van der Waals surface area contributed by atoms with Crippen LogP contribution in [0, 0.1) is 18.5 Å². The number of aromatic nitrogens is 1. The van der Waals surface area contributed by atoms with E-state index in [1.54, 1.807) is 18.3 Å². The molecule has 6 nitrogen and oxygen atoms in total. The van der Waals surface area contributed by atoms with Gasteiger partial charge in [0.1, 0.15) is 11.2 Å². The largest absolute Gasteiger partial charge is 0.379 e. The summed E-state index contributed by atoms with van der Waals surface area (Å²) in [6.45, 7) is 7.28. The average Bonchev–Trinajstić information content (AvgIpc) is 2.66. The van der Waals surface area contributed by atoms with Gasteiger partial charge in [0.25, 0.3) is 0 Å². The molecule has 2 heterocycles. The van der Waals surface area contributed by atoms with Gasteiger partial charge in [-0.15, -0.1) is 0 Å².